The summed E-state index contributed by atoms with van der Waals surface area (Å²) in [5.41, 5.74) is 1.42. The van der Waals surface area contributed by atoms with E-state index in [4.69, 9.17) is 9.47 Å². The molecule has 1 aromatic rings. The highest BCUT2D eigenvalue weighted by Gasteiger charge is 2.21. The van der Waals surface area contributed by atoms with Crippen LogP contribution in [0.15, 0.2) is 36.9 Å². The summed E-state index contributed by atoms with van der Waals surface area (Å²) in [5, 5.41) is 0. The van der Waals surface area contributed by atoms with E-state index in [-0.39, 0.29) is 6.61 Å². The lowest BCUT2D eigenvalue weighted by Crippen LogP contribution is -2.13. The standard InChI is InChI=1S/C20H28O3/c1-3-5-16-6-8-17(9-7-16)18-10-12-19(13-11-18)22-14-15-23-20(21)4-2/h4,10-13,16-17H,2-3,5-9,14-15H2,1H3. The summed E-state index contributed by atoms with van der Waals surface area (Å²) >= 11 is 0. The first-order valence-corrected chi connectivity index (χ1v) is 8.75. The molecular formula is C20H28O3. The predicted octanol–water partition coefficient (Wildman–Crippen LogP) is 4.87. The molecule has 3 heteroatoms. The Morgan fingerprint density at radius 3 is 2.48 bits per heavy atom. The van der Waals surface area contributed by atoms with Crippen molar-refractivity contribution >= 4 is 5.97 Å². The molecule has 0 N–H and O–H groups in total. The van der Waals surface area contributed by atoms with Crippen LogP contribution in [0.5, 0.6) is 5.75 Å². The van der Waals surface area contributed by atoms with Gasteiger partial charge < -0.3 is 9.47 Å². The maximum absolute atomic E-state index is 10.9. The average molecular weight is 316 g/mol. The summed E-state index contributed by atoms with van der Waals surface area (Å²) in [7, 11) is 0. The summed E-state index contributed by atoms with van der Waals surface area (Å²) in [4.78, 5) is 10.9. The lowest BCUT2D eigenvalue weighted by atomic mass is 9.77. The Morgan fingerprint density at radius 2 is 1.87 bits per heavy atom. The minimum Gasteiger partial charge on any atom is -0.490 e. The first-order chi connectivity index (χ1) is 11.2. The van der Waals surface area contributed by atoms with Gasteiger partial charge in [-0.3, -0.25) is 0 Å². The van der Waals surface area contributed by atoms with Crippen LogP contribution < -0.4 is 4.74 Å². The van der Waals surface area contributed by atoms with Crippen LogP contribution in [0.3, 0.4) is 0 Å². The molecule has 126 valence electrons. The van der Waals surface area contributed by atoms with Crippen LogP contribution in [0.4, 0.5) is 0 Å². The van der Waals surface area contributed by atoms with E-state index in [1.807, 2.05) is 12.1 Å². The Hall–Kier alpha value is -1.77. The Kier molecular flexibility index (Phi) is 7.18. The maximum atomic E-state index is 10.9. The van der Waals surface area contributed by atoms with Crippen molar-refractivity contribution < 1.29 is 14.3 Å². The summed E-state index contributed by atoms with van der Waals surface area (Å²) in [5.74, 6) is 2.05. The Labute approximate surface area is 139 Å². The highest BCUT2D eigenvalue weighted by Crippen LogP contribution is 2.37. The summed E-state index contributed by atoms with van der Waals surface area (Å²) in [6, 6.07) is 8.39. The molecular weight excluding hydrogens is 288 g/mol. The zero-order valence-electron chi connectivity index (χ0n) is 14.1. The molecule has 1 saturated carbocycles. The molecule has 0 heterocycles. The molecule has 3 nitrogen and oxygen atoms in total. The van der Waals surface area contributed by atoms with Crippen molar-refractivity contribution in [1.29, 1.82) is 0 Å². The molecule has 1 aliphatic rings. The summed E-state index contributed by atoms with van der Waals surface area (Å²) < 4.78 is 10.5. The van der Waals surface area contributed by atoms with E-state index in [2.05, 4.69) is 25.6 Å². The minimum absolute atomic E-state index is 0.244. The second-order valence-corrected chi connectivity index (χ2v) is 6.30. The summed E-state index contributed by atoms with van der Waals surface area (Å²) in [6.07, 6.45) is 9.20. The molecule has 0 bridgehead atoms. The van der Waals surface area contributed by atoms with Gasteiger partial charge in [0.1, 0.15) is 19.0 Å². The van der Waals surface area contributed by atoms with Crippen molar-refractivity contribution in [2.45, 2.75) is 51.4 Å². The molecule has 0 radical (unpaired) electrons. The number of hydrogen-bond donors (Lipinski definition) is 0. The molecule has 1 fully saturated rings. The molecule has 0 atom stereocenters. The molecule has 0 aliphatic heterocycles. The van der Waals surface area contributed by atoms with Crippen LogP contribution in [0.2, 0.25) is 0 Å². The zero-order valence-corrected chi connectivity index (χ0v) is 14.1. The van der Waals surface area contributed by atoms with Gasteiger partial charge in [-0.25, -0.2) is 4.79 Å². The molecule has 0 amide bonds. The van der Waals surface area contributed by atoms with E-state index >= 15 is 0 Å². The number of esters is 1. The van der Waals surface area contributed by atoms with E-state index in [9.17, 15) is 4.79 Å². The predicted molar refractivity (Wildman–Crippen MR) is 92.7 cm³/mol. The quantitative estimate of drug-likeness (QED) is 0.390. The van der Waals surface area contributed by atoms with E-state index in [0.29, 0.717) is 12.5 Å². The van der Waals surface area contributed by atoms with E-state index in [1.165, 1.54) is 44.1 Å². The summed E-state index contributed by atoms with van der Waals surface area (Å²) in [6.45, 7) is 6.24. The molecule has 23 heavy (non-hydrogen) atoms. The van der Waals surface area contributed by atoms with Crippen LogP contribution >= 0.6 is 0 Å². The number of benzene rings is 1. The molecule has 0 unspecified atom stereocenters. The van der Waals surface area contributed by atoms with Crippen LogP contribution in [0.1, 0.15) is 56.9 Å². The fourth-order valence-electron chi connectivity index (χ4n) is 3.39. The Morgan fingerprint density at radius 1 is 1.17 bits per heavy atom. The third kappa shape index (κ3) is 5.74. The molecule has 1 aromatic carbocycles. The highest BCUT2D eigenvalue weighted by atomic mass is 16.6. The van der Waals surface area contributed by atoms with Gasteiger partial charge in [-0.1, -0.05) is 38.5 Å². The van der Waals surface area contributed by atoms with Crippen molar-refractivity contribution in [3.8, 4) is 5.75 Å². The fourth-order valence-corrected chi connectivity index (χ4v) is 3.39. The number of carbonyl (C=O) groups excluding carboxylic acids is 1. The van der Waals surface area contributed by atoms with Gasteiger partial charge >= 0.3 is 5.97 Å². The smallest absolute Gasteiger partial charge is 0.330 e. The first kappa shape index (κ1) is 17.6. The largest absolute Gasteiger partial charge is 0.490 e. The molecule has 0 aromatic heterocycles. The van der Waals surface area contributed by atoms with E-state index in [1.54, 1.807) is 0 Å². The topological polar surface area (TPSA) is 35.5 Å². The van der Waals surface area contributed by atoms with Crippen molar-refractivity contribution in [2.75, 3.05) is 13.2 Å². The second kappa shape index (κ2) is 9.39. The van der Waals surface area contributed by atoms with Gasteiger partial charge in [0, 0.05) is 6.08 Å². The monoisotopic (exact) mass is 316 g/mol. The van der Waals surface area contributed by atoms with E-state index < -0.39 is 5.97 Å². The van der Waals surface area contributed by atoms with Crippen LogP contribution in [-0.2, 0) is 9.53 Å². The average Bonchev–Trinajstić information content (AvgIpc) is 2.60. The Bertz CT molecular complexity index is 484. The minimum atomic E-state index is -0.414. The van der Waals surface area contributed by atoms with Gasteiger partial charge in [0.15, 0.2) is 0 Å². The van der Waals surface area contributed by atoms with Crippen molar-refractivity contribution in [1.82, 2.24) is 0 Å². The maximum Gasteiger partial charge on any atom is 0.330 e. The van der Waals surface area contributed by atoms with Gasteiger partial charge in [-0.2, -0.15) is 0 Å². The number of carbonyl (C=O) groups is 1. The lowest BCUT2D eigenvalue weighted by Gasteiger charge is -2.28. The van der Waals surface area contributed by atoms with Gasteiger partial charge in [-0.15, -0.1) is 0 Å². The van der Waals surface area contributed by atoms with Crippen LogP contribution in [0.25, 0.3) is 0 Å². The molecule has 2 rings (SSSR count). The van der Waals surface area contributed by atoms with Gasteiger partial charge in [-0.05, 0) is 55.2 Å². The molecule has 1 aliphatic carbocycles. The van der Waals surface area contributed by atoms with Crippen molar-refractivity contribution in [3.63, 3.8) is 0 Å². The van der Waals surface area contributed by atoms with Crippen LogP contribution in [-0.4, -0.2) is 19.2 Å². The molecule has 0 saturated heterocycles. The number of rotatable bonds is 8. The van der Waals surface area contributed by atoms with Crippen molar-refractivity contribution in [2.24, 2.45) is 5.92 Å². The van der Waals surface area contributed by atoms with Crippen molar-refractivity contribution in [3.05, 3.63) is 42.5 Å². The third-order valence-electron chi connectivity index (χ3n) is 4.66. The SMILES string of the molecule is C=CC(=O)OCCOc1ccc(C2CCC(CCC)CC2)cc1. The van der Waals surface area contributed by atoms with Gasteiger partial charge in [0.25, 0.3) is 0 Å². The van der Waals surface area contributed by atoms with Gasteiger partial charge in [0.05, 0.1) is 0 Å². The normalized spacial score (nSPS) is 20.7. The first-order valence-electron chi connectivity index (χ1n) is 8.75. The second-order valence-electron chi connectivity index (χ2n) is 6.30. The third-order valence-corrected chi connectivity index (χ3v) is 4.66. The lowest BCUT2D eigenvalue weighted by molar-refractivity contribution is -0.138. The number of ether oxygens (including phenoxy) is 2. The van der Waals surface area contributed by atoms with Gasteiger partial charge in [0.2, 0.25) is 0 Å². The highest BCUT2D eigenvalue weighted by molar-refractivity contribution is 5.81. The fraction of sp³-hybridized carbons (Fsp3) is 0.550. The molecule has 0 spiro atoms. The van der Waals surface area contributed by atoms with Crippen LogP contribution in [0, 0.1) is 5.92 Å². The van der Waals surface area contributed by atoms with E-state index in [0.717, 1.165) is 17.7 Å². The zero-order chi connectivity index (χ0) is 16.5. The Balaban J connectivity index is 1.74. The number of hydrogen-bond acceptors (Lipinski definition) is 3.